The van der Waals surface area contributed by atoms with Gasteiger partial charge in [-0.2, -0.15) is 0 Å². The molecule has 0 saturated carbocycles. The minimum Gasteiger partial charge on any atom is -0.496 e. The van der Waals surface area contributed by atoms with E-state index in [1.54, 1.807) is 14.2 Å². The third kappa shape index (κ3) is 2.78. The van der Waals surface area contributed by atoms with Crippen LogP contribution in [-0.4, -0.2) is 27.3 Å². The van der Waals surface area contributed by atoms with Crippen molar-refractivity contribution in [3.63, 3.8) is 0 Å². The van der Waals surface area contributed by atoms with Crippen LogP contribution in [0.4, 0.5) is 0 Å². The molecule has 1 aromatic rings. The zero-order valence-electron chi connectivity index (χ0n) is 11.6. The first kappa shape index (κ1) is 13.2. The second kappa shape index (κ2) is 6.10. The maximum atomic E-state index is 5.54. The number of aryl methyl sites for hydroxylation is 1. The molecule has 1 fully saturated rings. The molecular weight excluding hydrogens is 226 g/mol. The van der Waals surface area contributed by atoms with E-state index in [4.69, 9.17) is 9.47 Å². The largest absolute Gasteiger partial charge is 0.496 e. The van der Waals surface area contributed by atoms with Crippen LogP contribution < -0.4 is 14.8 Å². The van der Waals surface area contributed by atoms with E-state index in [1.165, 1.54) is 24.9 Å². The van der Waals surface area contributed by atoms with Crippen molar-refractivity contribution < 1.29 is 9.47 Å². The molecular formula is C15H23NO2. The zero-order valence-corrected chi connectivity index (χ0v) is 11.6. The third-order valence-electron chi connectivity index (χ3n) is 3.85. The van der Waals surface area contributed by atoms with Gasteiger partial charge in [-0.05, 0) is 56.8 Å². The normalized spacial score (nSPS) is 18.9. The van der Waals surface area contributed by atoms with Crippen LogP contribution in [-0.2, 0) is 6.42 Å². The van der Waals surface area contributed by atoms with Crippen molar-refractivity contribution in [1.29, 1.82) is 0 Å². The predicted molar refractivity (Wildman–Crippen MR) is 73.6 cm³/mol. The Labute approximate surface area is 109 Å². The highest BCUT2D eigenvalue weighted by molar-refractivity contribution is 5.49. The fraction of sp³-hybridized carbons (Fsp3) is 0.600. The molecule has 0 amide bonds. The van der Waals surface area contributed by atoms with Gasteiger partial charge in [-0.25, -0.2) is 0 Å². The molecule has 2 rings (SSSR count). The van der Waals surface area contributed by atoms with Crippen molar-refractivity contribution in [2.75, 3.05) is 27.3 Å². The molecule has 100 valence electrons. The Morgan fingerprint density at radius 3 is 2.72 bits per heavy atom. The van der Waals surface area contributed by atoms with Gasteiger partial charge in [0.2, 0.25) is 0 Å². The van der Waals surface area contributed by atoms with Crippen molar-refractivity contribution in [2.24, 2.45) is 5.92 Å². The molecule has 1 N–H and O–H groups in total. The van der Waals surface area contributed by atoms with Crippen LogP contribution in [0.25, 0.3) is 0 Å². The van der Waals surface area contributed by atoms with Crippen LogP contribution in [0, 0.1) is 12.8 Å². The summed E-state index contributed by atoms with van der Waals surface area (Å²) in [7, 11) is 3.44. The molecule has 3 nitrogen and oxygen atoms in total. The van der Waals surface area contributed by atoms with Crippen LogP contribution in [0.15, 0.2) is 12.1 Å². The second-order valence-electron chi connectivity index (χ2n) is 4.98. The van der Waals surface area contributed by atoms with E-state index in [2.05, 4.69) is 18.3 Å². The minimum atomic E-state index is 0.817. The molecule has 1 saturated heterocycles. The summed E-state index contributed by atoms with van der Waals surface area (Å²) < 4.78 is 10.9. The smallest absolute Gasteiger partial charge is 0.128 e. The van der Waals surface area contributed by atoms with Gasteiger partial charge in [0.25, 0.3) is 0 Å². The average molecular weight is 249 g/mol. The summed E-state index contributed by atoms with van der Waals surface area (Å²) in [5.74, 6) is 2.70. The fourth-order valence-corrected chi connectivity index (χ4v) is 2.75. The molecule has 0 aliphatic carbocycles. The number of ether oxygens (including phenoxy) is 2. The number of hydrogen-bond donors (Lipinski definition) is 1. The Bertz CT molecular complexity index is 398. The number of benzene rings is 1. The molecule has 1 unspecified atom stereocenters. The van der Waals surface area contributed by atoms with E-state index in [1.807, 2.05) is 6.07 Å². The highest BCUT2D eigenvalue weighted by Gasteiger charge is 2.16. The first-order chi connectivity index (χ1) is 8.76. The molecule has 0 bridgehead atoms. The lowest BCUT2D eigenvalue weighted by Crippen LogP contribution is -2.09. The molecule has 1 aliphatic rings. The Balaban J connectivity index is 2.09. The Morgan fingerprint density at radius 2 is 2.11 bits per heavy atom. The number of rotatable bonds is 5. The lowest BCUT2D eigenvalue weighted by molar-refractivity contribution is 0.384. The second-order valence-corrected chi connectivity index (χ2v) is 4.98. The van der Waals surface area contributed by atoms with Crippen LogP contribution in [0.1, 0.15) is 24.0 Å². The van der Waals surface area contributed by atoms with E-state index in [0.717, 1.165) is 35.9 Å². The molecule has 3 heteroatoms. The van der Waals surface area contributed by atoms with Crippen molar-refractivity contribution >= 4 is 0 Å². The molecule has 18 heavy (non-hydrogen) atoms. The fourth-order valence-electron chi connectivity index (χ4n) is 2.75. The highest BCUT2D eigenvalue weighted by Crippen LogP contribution is 2.32. The molecule has 0 spiro atoms. The van der Waals surface area contributed by atoms with Gasteiger partial charge in [0.05, 0.1) is 14.2 Å². The SMILES string of the molecule is COc1ccc(CCC2CCNC2)c(OC)c1C. The lowest BCUT2D eigenvalue weighted by Gasteiger charge is -2.15. The van der Waals surface area contributed by atoms with Gasteiger partial charge in [-0.1, -0.05) is 6.07 Å². The maximum Gasteiger partial charge on any atom is 0.128 e. The first-order valence-electron chi connectivity index (χ1n) is 6.67. The molecule has 0 aromatic heterocycles. The molecule has 1 heterocycles. The van der Waals surface area contributed by atoms with Crippen LogP contribution >= 0.6 is 0 Å². The maximum absolute atomic E-state index is 5.54. The summed E-state index contributed by atoms with van der Waals surface area (Å²) in [6.45, 7) is 4.39. The predicted octanol–water partition coefficient (Wildman–Crippen LogP) is 2.55. The van der Waals surface area contributed by atoms with Gasteiger partial charge >= 0.3 is 0 Å². The summed E-state index contributed by atoms with van der Waals surface area (Å²) in [4.78, 5) is 0. The van der Waals surface area contributed by atoms with Gasteiger partial charge < -0.3 is 14.8 Å². The van der Waals surface area contributed by atoms with Crippen molar-refractivity contribution in [2.45, 2.75) is 26.2 Å². The topological polar surface area (TPSA) is 30.5 Å². The minimum absolute atomic E-state index is 0.817. The van der Waals surface area contributed by atoms with Gasteiger partial charge in [0.1, 0.15) is 11.5 Å². The number of nitrogens with one attached hydrogen (secondary N) is 1. The van der Waals surface area contributed by atoms with E-state index < -0.39 is 0 Å². The molecule has 1 aliphatic heterocycles. The third-order valence-corrected chi connectivity index (χ3v) is 3.85. The van der Waals surface area contributed by atoms with Crippen molar-refractivity contribution in [3.8, 4) is 11.5 Å². The first-order valence-corrected chi connectivity index (χ1v) is 6.67. The van der Waals surface area contributed by atoms with E-state index >= 15 is 0 Å². The van der Waals surface area contributed by atoms with Crippen molar-refractivity contribution in [1.82, 2.24) is 5.32 Å². The zero-order chi connectivity index (χ0) is 13.0. The summed E-state index contributed by atoms with van der Waals surface area (Å²) in [6, 6.07) is 4.17. The van der Waals surface area contributed by atoms with Gasteiger partial charge in [-0.15, -0.1) is 0 Å². The lowest BCUT2D eigenvalue weighted by atomic mass is 9.97. The van der Waals surface area contributed by atoms with Crippen LogP contribution in [0.2, 0.25) is 0 Å². The molecule has 1 atom stereocenters. The summed E-state index contributed by atoms with van der Waals surface area (Å²) in [6.07, 6.45) is 3.62. The van der Waals surface area contributed by atoms with E-state index in [9.17, 15) is 0 Å². The van der Waals surface area contributed by atoms with Gasteiger partial charge in [-0.3, -0.25) is 0 Å². The number of hydrogen-bond acceptors (Lipinski definition) is 3. The average Bonchev–Trinajstić information content (AvgIpc) is 2.89. The highest BCUT2D eigenvalue weighted by atomic mass is 16.5. The summed E-state index contributed by atoms with van der Waals surface area (Å²) in [5.41, 5.74) is 2.39. The van der Waals surface area contributed by atoms with Gasteiger partial charge in [0, 0.05) is 5.56 Å². The summed E-state index contributed by atoms with van der Waals surface area (Å²) >= 11 is 0. The quantitative estimate of drug-likeness (QED) is 0.870. The Kier molecular flexibility index (Phi) is 4.48. The standard InChI is InChI=1S/C15H23NO2/c1-11-14(17-2)7-6-13(15(11)18-3)5-4-12-8-9-16-10-12/h6-7,12,16H,4-5,8-10H2,1-3H3. The van der Waals surface area contributed by atoms with Crippen molar-refractivity contribution in [3.05, 3.63) is 23.3 Å². The Morgan fingerprint density at radius 1 is 1.28 bits per heavy atom. The summed E-state index contributed by atoms with van der Waals surface area (Å²) in [5, 5.41) is 3.42. The van der Waals surface area contributed by atoms with E-state index in [0.29, 0.717) is 0 Å². The monoisotopic (exact) mass is 249 g/mol. The van der Waals surface area contributed by atoms with Crippen LogP contribution in [0.3, 0.4) is 0 Å². The molecule has 1 aromatic carbocycles. The van der Waals surface area contributed by atoms with E-state index in [-0.39, 0.29) is 0 Å². The molecule has 0 radical (unpaired) electrons. The van der Waals surface area contributed by atoms with Crippen LogP contribution in [0.5, 0.6) is 11.5 Å². The van der Waals surface area contributed by atoms with Gasteiger partial charge in [0.15, 0.2) is 0 Å². The number of methoxy groups -OCH3 is 2. The Hall–Kier alpha value is -1.22.